The summed E-state index contributed by atoms with van der Waals surface area (Å²) in [6.07, 6.45) is 4.20. The number of thioether (sulfide) groups is 1. The van der Waals surface area contributed by atoms with Crippen LogP contribution >= 0.6 is 35.7 Å². The average Bonchev–Trinajstić information content (AvgIpc) is 2.79. The van der Waals surface area contributed by atoms with Gasteiger partial charge in [0.2, 0.25) is 0 Å². The largest absolute Gasteiger partial charge is 0.357 e. The van der Waals surface area contributed by atoms with Crippen molar-refractivity contribution in [2.24, 2.45) is 12.0 Å². The molecule has 1 atom stereocenters. The molecule has 0 aromatic carbocycles. The topological polar surface area (TPSA) is 32.6 Å². The minimum atomic E-state index is 0. The summed E-state index contributed by atoms with van der Waals surface area (Å²) in [5.41, 5.74) is 1.28. The van der Waals surface area contributed by atoms with Gasteiger partial charge in [0.25, 0.3) is 0 Å². The van der Waals surface area contributed by atoms with Crippen molar-refractivity contribution in [2.45, 2.75) is 25.6 Å². The molecule has 20 heavy (non-hydrogen) atoms. The van der Waals surface area contributed by atoms with E-state index in [4.69, 9.17) is 4.99 Å². The van der Waals surface area contributed by atoms with Crippen molar-refractivity contribution in [2.75, 3.05) is 26.4 Å². The number of guanidine groups is 1. The van der Waals surface area contributed by atoms with E-state index >= 15 is 0 Å². The predicted octanol–water partition coefficient (Wildman–Crippen LogP) is 2.79. The molecule has 1 heterocycles. The van der Waals surface area contributed by atoms with Crippen molar-refractivity contribution in [1.29, 1.82) is 0 Å². The van der Waals surface area contributed by atoms with Gasteiger partial charge in [-0.25, -0.2) is 0 Å². The molecule has 0 saturated carbocycles. The second kappa shape index (κ2) is 10.4. The Labute approximate surface area is 144 Å². The SMILES string of the molecule is CCNC(=NCC(C)SC)N(C)Cc1cccn1C.I. The molecular formula is C14H27IN4S. The Bertz CT molecular complexity index is 406. The number of nitrogens with zero attached hydrogens (tertiary/aromatic N) is 3. The summed E-state index contributed by atoms with van der Waals surface area (Å²) < 4.78 is 2.14. The molecule has 1 aromatic rings. The molecule has 0 fully saturated rings. The molecule has 0 radical (unpaired) electrons. The van der Waals surface area contributed by atoms with E-state index in [2.05, 4.69) is 67.3 Å². The van der Waals surface area contributed by atoms with E-state index in [1.54, 1.807) is 0 Å². The maximum absolute atomic E-state index is 4.70. The molecule has 1 rings (SSSR count). The summed E-state index contributed by atoms with van der Waals surface area (Å²) in [4.78, 5) is 6.87. The Morgan fingerprint density at radius 1 is 1.55 bits per heavy atom. The van der Waals surface area contributed by atoms with Crippen LogP contribution in [0.4, 0.5) is 0 Å². The lowest BCUT2D eigenvalue weighted by atomic mass is 10.4. The van der Waals surface area contributed by atoms with Crippen LogP contribution in [-0.2, 0) is 13.6 Å². The third-order valence-corrected chi connectivity index (χ3v) is 4.00. The highest BCUT2D eigenvalue weighted by Gasteiger charge is 2.08. The highest BCUT2D eigenvalue weighted by Crippen LogP contribution is 2.07. The summed E-state index contributed by atoms with van der Waals surface area (Å²) in [6.45, 7) is 6.91. The van der Waals surface area contributed by atoms with Gasteiger partial charge >= 0.3 is 0 Å². The van der Waals surface area contributed by atoms with E-state index in [1.165, 1.54) is 5.69 Å². The van der Waals surface area contributed by atoms with E-state index < -0.39 is 0 Å². The predicted molar refractivity (Wildman–Crippen MR) is 101 cm³/mol. The van der Waals surface area contributed by atoms with Crippen molar-refractivity contribution < 1.29 is 0 Å². The zero-order valence-electron chi connectivity index (χ0n) is 13.1. The lowest BCUT2D eigenvalue weighted by Crippen LogP contribution is -2.39. The number of nitrogens with one attached hydrogen (secondary N) is 1. The summed E-state index contributed by atoms with van der Waals surface area (Å²) in [6, 6.07) is 4.22. The number of hydrogen-bond donors (Lipinski definition) is 1. The van der Waals surface area contributed by atoms with E-state index in [9.17, 15) is 0 Å². The van der Waals surface area contributed by atoms with Crippen LogP contribution in [0.1, 0.15) is 19.5 Å². The van der Waals surface area contributed by atoms with Crippen molar-refractivity contribution in [3.05, 3.63) is 24.0 Å². The Hall–Kier alpha value is -0.370. The monoisotopic (exact) mass is 410 g/mol. The van der Waals surface area contributed by atoms with Crippen molar-refractivity contribution in [3.8, 4) is 0 Å². The number of aromatic nitrogens is 1. The Balaban J connectivity index is 0.00000361. The van der Waals surface area contributed by atoms with Crippen molar-refractivity contribution >= 4 is 41.7 Å². The zero-order chi connectivity index (χ0) is 14.3. The first-order chi connectivity index (χ1) is 9.08. The van der Waals surface area contributed by atoms with Gasteiger partial charge in [-0.15, -0.1) is 24.0 Å². The van der Waals surface area contributed by atoms with Crippen LogP contribution in [0.5, 0.6) is 0 Å². The van der Waals surface area contributed by atoms with Crippen LogP contribution in [0.2, 0.25) is 0 Å². The van der Waals surface area contributed by atoms with Gasteiger partial charge in [0.15, 0.2) is 5.96 Å². The first-order valence-corrected chi connectivity index (χ1v) is 7.99. The fraction of sp³-hybridized carbons (Fsp3) is 0.643. The van der Waals surface area contributed by atoms with E-state index in [0.29, 0.717) is 5.25 Å². The van der Waals surface area contributed by atoms with Crippen LogP contribution in [0.25, 0.3) is 0 Å². The molecule has 0 aliphatic rings. The molecular weight excluding hydrogens is 383 g/mol. The van der Waals surface area contributed by atoms with Gasteiger partial charge in [0.1, 0.15) is 0 Å². The number of aryl methyl sites for hydroxylation is 1. The zero-order valence-corrected chi connectivity index (χ0v) is 16.2. The molecule has 116 valence electrons. The molecule has 0 aliphatic heterocycles. The standard InChI is InChI=1S/C14H26N4S.HI/c1-6-15-14(16-10-12(2)19-5)18(4)11-13-8-7-9-17(13)3;/h7-9,12H,6,10-11H2,1-5H3,(H,15,16);1H. The Morgan fingerprint density at radius 2 is 2.25 bits per heavy atom. The molecule has 4 nitrogen and oxygen atoms in total. The highest BCUT2D eigenvalue weighted by atomic mass is 127. The smallest absolute Gasteiger partial charge is 0.194 e. The summed E-state index contributed by atoms with van der Waals surface area (Å²) in [7, 11) is 4.15. The van der Waals surface area contributed by atoms with Gasteiger partial charge in [-0.2, -0.15) is 11.8 Å². The lowest BCUT2D eigenvalue weighted by Gasteiger charge is -2.22. The second-order valence-corrected chi connectivity index (χ2v) is 5.98. The fourth-order valence-electron chi connectivity index (χ4n) is 1.74. The minimum Gasteiger partial charge on any atom is -0.357 e. The lowest BCUT2D eigenvalue weighted by molar-refractivity contribution is 0.462. The Kier molecular flexibility index (Phi) is 10.2. The first kappa shape index (κ1) is 19.6. The molecule has 1 unspecified atom stereocenters. The number of halogens is 1. The average molecular weight is 410 g/mol. The van der Waals surface area contributed by atoms with Gasteiger partial charge in [-0.3, -0.25) is 4.99 Å². The molecule has 0 saturated heterocycles. The normalized spacial score (nSPS) is 12.8. The maximum atomic E-state index is 4.70. The molecule has 0 spiro atoms. The minimum absolute atomic E-state index is 0. The number of hydrogen-bond acceptors (Lipinski definition) is 2. The van der Waals surface area contributed by atoms with Crippen molar-refractivity contribution in [1.82, 2.24) is 14.8 Å². The molecule has 0 amide bonds. The van der Waals surface area contributed by atoms with Gasteiger partial charge in [0.05, 0.1) is 13.1 Å². The quantitative estimate of drug-likeness (QED) is 0.445. The van der Waals surface area contributed by atoms with Gasteiger partial charge in [0, 0.05) is 37.8 Å². The number of rotatable bonds is 6. The third kappa shape index (κ3) is 6.39. The third-order valence-electron chi connectivity index (χ3n) is 3.05. The van der Waals surface area contributed by atoms with Crippen LogP contribution in [0.15, 0.2) is 23.3 Å². The molecule has 1 aromatic heterocycles. The van der Waals surface area contributed by atoms with Crippen LogP contribution in [-0.4, -0.2) is 47.1 Å². The Morgan fingerprint density at radius 3 is 2.75 bits per heavy atom. The van der Waals surface area contributed by atoms with Crippen LogP contribution in [0.3, 0.4) is 0 Å². The summed E-state index contributed by atoms with van der Waals surface area (Å²) >= 11 is 1.85. The highest BCUT2D eigenvalue weighted by molar-refractivity contribution is 14.0. The number of aliphatic imine (C=N–C) groups is 1. The molecule has 1 N–H and O–H groups in total. The summed E-state index contributed by atoms with van der Waals surface area (Å²) in [5, 5.41) is 3.90. The molecule has 0 bridgehead atoms. The van der Waals surface area contributed by atoms with Gasteiger partial charge < -0.3 is 14.8 Å². The molecule has 6 heteroatoms. The van der Waals surface area contributed by atoms with E-state index in [1.807, 2.05) is 11.8 Å². The molecule has 0 aliphatic carbocycles. The van der Waals surface area contributed by atoms with Gasteiger partial charge in [-0.1, -0.05) is 6.92 Å². The summed E-state index contributed by atoms with van der Waals surface area (Å²) in [5.74, 6) is 0.976. The first-order valence-electron chi connectivity index (χ1n) is 6.71. The van der Waals surface area contributed by atoms with Crippen molar-refractivity contribution in [3.63, 3.8) is 0 Å². The van der Waals surface area contributed by atoms with E-state index in [-0.39, 0.29) is 24.0 Å². The second-order valence-electron chi connectivity index (χ2n) is 4.71. The van der Waals surface area contributed by atoms with Crippen LogP contribution < -0.4 is 5.32 Å². The van der Waals surface area contributed by atoms with Crippen LogP contribution in [0, 0.1) is 0 Å². The van der Waals surface area contributed by atoms with E-state index in [0.717, 1.165) is 25.6 Å². The van der Waals surface area contributed by atoms with Gasteiger partial charge in [-0.05, 0) is 25.3 Å². The fourth-order valence-corrected chi connectivity index (χ4v) is 1.96. The maximum Gasteiger partial charge on any atom is 0.194 e.